The van der Waals surface area contributed by atoms with Crippen molar-refractivity contribution in [2.45, 2.75) is 56.1 Å². The SMILES string of the molecule is Cc1cc(Nc2nc(Oc3ccc(S(C)(=O)=O)cc3F)nc(-c3cnn(C)c3)c2C2CC2)nn1C1CCCCO1. The first-order valence-corrected chi connectivity index (χ1v) is 15.1. The number of hydrogen-bond donors (Lipinski definition) is 1. The maximum atomic E-state index is 14.9. The van der Waals surface area contributed by atoms with Crippen LogP contribution in [0, 0.1) is 12.7 Å². The minimum atomic E-state index is -3.58. The van der Waals surface area contributed by atoms with Gasteiger partial charge in [0.2, 0.25) is 0 Å². The predicted molar refractivity (Wildman–Crippen MR) is 145 cm³/mol. The molecule has 1 saturated carbocycles. The summed E-state index contributed by atoms with van der Waals surface area (Å²) in [4.78, 5) is 9.17. The van der Waals surface area contributed by atoms with E-state index in [1.54, 1.807) is 10.9 Å². The number of aromatic nitrogens is 6. The van der Waals surface area contributed by atoms with Crippen molar-refractivity contribution >= 4 is 21.5 Å². The van der Waals surface area contributed by atoms with Gasteiger partial charge in [-0.2, -0.15) is 20.2 Å². The van der Waals surface area contributed by atoms with Crippen molar-refractivity contribution in [1.82, 2.24) is 29.5 Å². The highest BCUT2D eigenvalue weighted by atomic mass is 32.2. The highest BCUT2D eigenvalue weighted by Crippen LogP contribution is 2.48. The zero-order valence-electron chi connectivity index (χ0n) is 22.5. The highest BCUT2D eigenvalue weighted by Gasteiger charge is 2.33. The molecule has 3 aromatic heterocycles. The number of benzene rings is 1. The molecule has 1 aliphatic heterocycles. The molecule has 40 heavy (non-hydrogen) atoms. The number of anilines is 2. The number of rotatable bonds is 8. The lowest BCUT2D eigenvalue weighted by Gasteiger charge is -2.23. The van der Waals surface area contributed by atoms with Crippen molar-refractivity contribution in [2.75, 3.05) is 18.2 Å². The standard InChI is InChI=1S/C27H30FN7O4S/c1-16-12-22(33-35(16)23-6-4-5-11-38-23)30-26-24(17-7-8-17)25(18-14-29-34(2)15-18)31-27(32-26)39-21-10-9-19(13-20(21)28)40(3,36)37/h9-10,12-15,17,23H,4-8,11H2,1-3H3,(H,30,31,32,33). The lowest BCUT2D eigenvalue weighted by Crippen LogP contribution is -2.20. The number of halogens is 1. The zero-order chi connectivity index (χ0) is 28.0. The largest absolute Gasteiger partial charge is 0.421 e. The van der Waals surface area contributed by atoms with Crippen LogP contribution in [0.2, 0.25) is 0 Å². The van der Waals surface area contributed by atoms with Crippen LogP contribution in [0.4, 0.5) is 16.0 Å². The van der Waals surface area contributed by atoms with Crippen LogP contribution in [0.25, 0.3) is 11.3 Å². The number of hydrogen-bond acceptors (Lipinski definition) is 9. The molecule has 1 aromatic carbocycles. The Labute approximate surface area is 231 Å². The summed E-state index contributed by atoms with van der Waals surface area (Å²) in [7, 11) is -1.76. The molecular weight excluding hydrogens is 537 g/mol. The summed E-state index contributed by atoms with van der Waals surface area (Å²) in [5.74, 6) is 0.316. The quantitative estimate of drug-likeness (QED) is 0.312. The summed E-state index contributed by atoms with van der Waals surface area (Å²) < 4.78 is 53.9. The number of nitrogens with one attached hydrogen (secondary N) is 1. The van der Waals surface area contributed by atoms with Crippen LogP contribution in [0.15, 0.2) is 41.6 Å². The molecule has 1 N–H and O–H groups in total. The van der Waals surface area contributed by atoms with Gasteiger partial charge in [-0.3, -0.25) is 4.68 Å². The van der Waals surface area contributed by atoms with Gasteiger partial charge in [0.05, 0.1) is 16.8 Å². The first-order chi connectivity index (χ1) is 19.2. The molecule has 2 fully saturated rings. The minimum Gasteiger partial charge on any atom is -0.421 e. The summed E-state index contributed by atoms with van der Waals surface area (Å²) in [5, 5.41) is 12.4. The Morgan fingerprint density at radius 3 is 2.62 bits per heavy atom. The molecule has 11 nitrogen and oxygen atoms in total. The van der Waals surface area contributed by atoms with Crippen LogP contribution in [0.5, 0.6) is 11.8 Å². The molecule has 1 atom stereocenters. The molecule has 6 rings (SSSR count). The fraction of sp³-hybridized carbons (Fsp3) is 0.407. The van der Waals surface area contributed by atoms with Gasteiger partial charge in [-0.05, 0) is 63.1 Å². The van der Waals surface area contributed by atoms with Gasteiger partial charge >= 0.3 is 6.01 Å². The van der Waals surface area contributed by atoms with E-state index in [-0.39, 0.29) is 28.8 Å². The van der Waals surface area contributed by atoms with E-state index in [1.807, 2.05) is 30.9 Å². The molecule has 0 amide bonds. The number of ether oxygens (including phenoxy) is 2. The second kappa shape index (κ2) is 10.3. The molecular formula is C27H30FN7O4S. The van der Waals surface area contributed by atoms with Gasteiger partial charge in [-0.15, -0.1) is 0 Å². The van der Waals surface area contributed by atoms with Crippen molar-refractivity contribution in [3.05, 3.63) is 53.7 Å². The molecule has 1 unspecified atom stereocenters. The Balaban J connectivity index is 1.41. The van der Waals surface area contributed by atoms with Gasteiger partial charge in [0, 0.05) is 49.0 Å². The van der Waals surface area contributed by atoms with E-state index < -0.39 is 15.7 Å². The third kappa shape index (κ3) is 5.43. The minimum absolute atomic E-state index is 0.0940. The summed E-state index contributed by atoms with van der Waals surface area (Å²) in [6.45, 7) is 2.69. The number of aryl methyl sites for hydroxylation is 2. The predicted octanol–water partition coefficient (Wildman–Crippen LogP) is 5.04. The van der Waals surface area contributed by atoms with E-state index in [9.17, 15) is 12.8 Å². The first kappa shape index (κ1) is 26.4. The van der Waals surface area contributed by atoms with Crippen LogP contribution in [0.1, 0.15) is 55.5 Å². The average Bonchev–Trinajstić information content (AvgIpc) is 3.55. The zero-order valence-corrected chi connectivity index (χ0v) is 23.3. The Bertz CT molecular complexity index is 1670. The van der Waals surface area contributed by atoms with Crippen molar-refractivity contribution in [3.8, 4) is 23.0 Å². The summed E-state index contributed by atoms with van der Waals surface area (Å²) in [5.41, 5.74) is 3.26. The molecule has 0 spiro atoms. The van der Waals surface area contributed by atoms with Gasteiger partial charge in [0.25, 0.3) is 0 Å². The second-order valence-electron chi connectivity index (χ2n) is 10.3. The third-order valence-electron chi connectivity index (χ3n) is 7.02. The summed E-state index contributed by atoms with van der Waals surface area (Å²) in [6.07, 6.45) is 9.46. The molecule has 1 saturated heterocycles. The van der Waals surface area contributed by atoms with E-state index in [0.29, 0.717) is 23.9 Å². The molecule has 210 valence electrons. The van der Waals surface area contributed by atoms with Crippen LogP contribution in [0.3, 0.4) is 0 Å². The molecule has 4 aromatic rings. The smallest absolute Gasteiger partial charge is 0.324 e. The summed E-state index contributed by atoms with van der Waals surface area (Å²) >= 11 is 0. The molecule has 2 aliphatic rings. The fourth-order valence-electron chi connectivity index (χ4n) is 4.88. The van der Waals surface area contributed by atoms with Crippen molar-refractivity contribution in [3.63, 3.8) is 0 Å². The first-order valence-electron chi connectivity index (χ1n) is 13.2. The molecule has 4 heterocycles. The van der Waals surface area contributed by atoms with Gasteiger partial charge in [0.1, 0.15) is 5.82 Å². The van der Waals surface area contributed by atoms with Crippen molar-refractivity contribution < 1.29 is 22.3 Å². The highest BCUT2D eigenvalue weighted by molar-refractivity contribution is 7.90. The molecule has 1 aliphatic carbocycles. The normalized spacial score (nSPS) is 17.6. The monoisotopic (exact) mass is 567 g/mol. The van der Waals surface area contributed by atoms with Crippen molar-refractivity contribution in [2.24, 2.45) is 7.05 Å². The molecule has 13 heteroatoms. The van der Waals surface area contributed by atoms with E-state index in [2.05, 4.69) is 20.4 Å². The van der Waals surface area contributed by atoms with Gasteiger partial charge in [-0.1, -0.05) is 0 Å². The Kier molecular flexibility index (Phi) is 6.78. The van der Waals surface area contributed by atoms with E-state index in [1.165, 1.54) is 12.1 Å². The lowest BCUT2D eigenvalue weighted by molar-refractivity contribution is -0.0404. The summed E-state index contributed by atoms with van der Waals surface area (Å²) in [6, 6.07) is 5.31. The Morgan fingerprint density at radius 1 is 1.15 bits per heavy atom. The molecule has 0 bridgehead atoms. The van der Waals surface area contributed by atoms with E-state index in [0.717, 1.165) is 61.2 Å². The molecule has 0 radical (unpaired) electrons. The van der Waals surface area contributed by atoms with Crippen LogP contribution in [-0.4, -0.2) is 50.8 Å². The third-order valence-corrected chi connectivity index (χ3v) is 8.13. The lowest BCUT2D eigenvalue weighted by atomic mass is 10.1. The average molecular weight is 568 g/mol. The van der Waals surface area contributed by atoms with E-state index >= 15 is 0 Å². The van der Waals surface area contributed by atoms with Gasteiger partial charge in [0.15, 0.2) is 33.4 Å². The Hall–Kier alpha value is -3.84. The van der Waals surface area contributed by atoms with Gasteiger partial charge in [-0.25, -0.2) is 17.5 Å². The number of nitrogens with zero attached hydrogens (tertiary/aromatic N) is 6. The maximum Gasteiger partial charge on any atom is 0.324 e. The van der Waals surface area contributed by atoms with Crippen LogP contribution in [-0.2, 0) is 21.6 Å². The second-order valence-corrected chi connectivity index (χ2v) is 12.3. The fourth-order valence-corrected chi connectivity index (χ4v) is 5.52. The number of sulfone groups is 1. The Morgan fingerprint density at radius 2 is 1.98 bits per heavy atom. The van der Waals surface area contributed by atoms with Gasteiger partial charge < -0.3 is 14.8 Å². The topological polar surface area (TPSA) is 126 Å². The maximum absolute atomic E-state index is 14.9. The van der Waals surface area contributed by atoms with Crippen LogP contribution < -0.4 is 10.1 Å². The van der Waals surface area contributed by atoms with Crippen LogP contribution >= 0.6 is 0 Å². The van der Waals surface area contributed by atoms with E-state index in [4.69, 9.17) is 14.6 Å². The van der Waals surface area contributed by atoms with Crippen molar-refractivity contribution in [1.29, 1.82) is 0 Å².